The lowest BCUT2D eigenvalue weighted by atomic mass is 10.1. The highest BCUT2D eigenvalue weighted by Crippen LogP contribution is 2.20. The summed E-state index contributed by atoms with van der Waals surface area (Å²) < 4.78 is 25.8. The Bertz CT molecular complexity index is 437. The summed E-state index contributed by atoms with van der Waals surface area (Å²) in [6, 6.07) is 2.88. The average Bonchev–Trinajstić information content (AvgIpc) is 2.80. The smallest absolute Gasteiger partial charge is 0.254 e. The summed E-state index contributed by atoms with van der Waals surface area (Å²) in [7, 11) is 0. The van der Waals surface area contributed by atoms with E-state index in [4.69, 9.17) is 5.11 Å². The van der Waals surface area contributed by atoms with E-state index in [9.17, 15) is 13.6 Å². The molecule has 2 rings (SSSR count). The first kappa shape index (κ1) is 12.0. The van der Waals surface area contributed by atoms with Crippen LogP contribution in [0.25, 0.3) is 0 Å². The third-order valence-electron chi connectivity index (χ3n) is 3.02. The van der Waals surface area contributed by atoms with Gasteiger partial charge in [-0.2, -0.15) is 0 Å². The average molecular weight is 241 g/mol. The van der Waals surface area contributed by atoms with Gasteiger partial charge in [-0.1, -0.05) is 0 Å². The Hall–Kier alpha value is -1.49. The summed E-state index contributed by atoms with van der Waals surface area (Å²) in [5, 5.41) is 9.10. The lowest BCUT2D eigenvalue weighted by Gasteiger charge is -2.23. The summed E-state index contributed by atoms with van der Waals surface area (Å²) in [4.78, 5) is 13.5. The van der Waals surface area contributed by atoms with Gasteiger partial charge in [0.25, 0.3) is 5.91 Å². The second-order valence-electron chi connectivity index (χ2n) is 4.11. The maximum atomic E-state index is 13.0. The molecule has 92 valence electrons. The van der Waals surface area contributed by atoms with E-state index in [1.54, 1.807) is 0 Å². The molecule has 0 bridgehead atoms. The third-order valence-corrected chi connectivity index (χ3v) is 3.02. The van der Waals surface area contributed by atoms with Gasteiger partial charge in [-0.15, -0.1) is 0 Å². The van der Waals surface area contributed by atoms with E-state index in [0.29, 0.717) is 6.54 Å². The monoisotopic (exact) mass is 241 g/mol. The van der Waals surface area contributed by atoms with Gasteiger partial charge in [0.1, 0.15) is 0 Å². The molecule has 0 aromatic heterocycles. The molecule has 1 aliphatic heterocycles. The molecule has 1 saturated heterocycles. The van der Waals surface area contributed by atoms with Crippen molar-refractivity contribution in [2.45, 2.75) is 18.9 Å². The molecule has 0 spiro atoms. The van der Waals surface area contributed by atoms with Crippen LogP contribution in [0.3, 0.4) is 0 Å². The van der Waals surface area contributed by atoms with Gasteiger partial charge >= 0.3 is 0 Å². The van der Waals surface area contributed by atoms with Crippen molar-refractivity contribution in [3.8, 4) is 0 Å². The topological polar surface area (TPSA) is 40.5 Å². The number of carbonyl (C=O) groups excluding carboxylic acids is 1. The fourth-order valence-electron chi connectivity index (χ4n) is 2.09. The van der Waals surface area contributed by atoms with Gasteiger partial charge in [0, 0.05) is 12.1 Å². The van der Waals surface area contributed by atoms with Crippen LogP contribution in [0, 0.1) is 11.6 Å². The van der Waals surface area contributed by atoms with Crippen LogP contribution in [0.5, 0.6) is 0 Å². The van der Waals surface area contributed by atoms with Gasteiger partial charge in [0.2, 0.25) is 0 Å². The molecule has 1 aromatic carbocycles. The fourth-order valence-corrected chi connectivity index (χ4v) is 2.09. The van der Waals surface area contributed by atoms with Gasteiger partial charge in [-0.25, -0.2) is 8.78 Å². The van der Waals surface area contributed by atoms with Crippen molar-refractivity contribution in [1.82, 2.24) is 4.90 Å². The van der Waals surface area contributed by atoms with E-state index in [0.717, 1.165) is 25.0 Å². The Labute approximate surface area is 97.7 Å². The zero-order chi connectivity index (χ0) is 12.4. The molecule has 0 saturated carbocycles. The number of hydrogen-bond acceptors (Lipinski definition) is 2. The lowest BCUT2D eigenvalue weighted by molar-refractivity contribution is 0.0677. The fraction of sp³-hybridized carbons (Fsp3) is 0.417. The highest BCUT2D eigenvalue weighted by molar-refractivity contribution is 5.94. The van der Waals surface area contributed by atoms with E-state index in [2.05, 4.69) is 0 Å². The molecule has 1 fully saturated rings. The number of aliphatic hydroxyl groups is 1. The van der Waals surface area contributed by atoms with E-state index in [1.807, 2.05) is 0 Å². The van der Waals surface area contributed by atoms with Crippen LogP contribution in [-0.4, -0.2) is 35.1 Å². The first-order valence-electron chi connectivity index (χ1n) is 5.50. The van der Waals surface area contributed by atoms with Crippen molar-refractivity contribution in [2.24, 2.45) is 0 Å². The van der Waals surface area contributed by atoms with Gasteiger partial charge < -0.3 is 10.0 Å². The van der Waals surface area contributed by atoms with E-state index in [-0.39, 0.29) is 24.1 Å². The molecular weight excluding hydrogens is 228 g/mol. The van der Waals surface area contributed by atoms with Gasteiger partial charge in [-0.3, -0.25) is 4.79 Å². The summed E-state index contributed by atoms with van der Waals surface area (Å²) in [5.41, 5.74) is 0.115. The molecule has 17 heavy (non-hydrogen) atoms. The molecular formula is C12H13F2NO2. The van der Waals surface area contributed by atoms with Crippen molar-refractivity contribution in [1.29, 1.82) is 0 Å². The summed E-state index contributed by atoms with van der Waals surface area (Å²) >= 11 is 0. The number of hydrogen-bond donors (Lipinski definition) is 1. The number of carbonyl (C=O) groups is 1. The number of aliphatic hydroxyl groups excluding tert-OH is 1. The highest BCUT2D eigenvalue weighted by atomic mass is 19.2. The predicted molar refractivity (Wildman–Crippen MR) is 57.5 cm³/mol. The minimum Gasteiger partial charge on any atom is -0.394 e. The SMILES string of the molecule is O=C(c1ccc(F)c(F)c1)N1CCC[C@@H]1CO. The molecule has 5 heteroatoms. The number of rotatable bonds is 2. The second-order valence-corrected chi connectivity index (χ2v) is 4.11. The van der Waals surface area contributed by atoms with Crippen LogP contribution in [-0.2, 0) is 0 Å². The number of halogens is 2. The summed E-state index contributed by atoms with van der Waals surface area (Å²) in [6.07, 6.45) is 1.56. The summed E-state index contributed by atoms with van der Waals surface area (Å²) in [5.74, 6) is -2.36. The van der Waals surface area contributed by atoms with E-state index in [1.165, 1.54) is 11.0 Å². The molecule has 1 aromatic rings. The van der Waals surface area contributed by atoms with Crippen LogP contribution in [0.2, 0.25) is 0 Å². The Morgan fingerprint density at radius 1 is 1.41 bits per heavy atom. The molecule has 0 radical (unpaired) electrons. The largest absolute Gasteiger partial charge is 0.394 e. The van der Waals surface area contributed by atoms with Crippen LogP contribution in [0.15, 0.2) is 18.2 Å². The molecule has 3 nitrogen and oxygen atoms in total. The highest BCUT2D eigenvalue weighted by Gasteiger charge is 2.29. The lowest BCUT2D eigenvalue weighted by Crippen LogP contribution is -2.37. The minimum absolute atomic E-state index is 0.102. The molecule has 1 N–H and O–H groups in total. The molecule has 1 aliphatic rings. The van der Waals surface area contributed by atoms with Crippen LogP contribution in [0.1, 0.15) is 23.2 Å². The van der Waals surface area contributed by atoms with Crippen molar-refractivity contribution in [2.75, 3.05) is 13.2 Å². The first-order valence-corrected chi connectivity index (χ1v) is 5.50. The molecule has 0 unspecified atom stereocenters. The third kappa shape index (κ3) is 2.29. The Morgan fingerprint density at radius 2 is 2.18 bits per heavy atom. The van der Waals surface area contributed by atoms with Crippen molar-refractivity contribution in [3.05, 3.63) is 35.4 Å². The van der Waals surface area contributed by atoms with Crippen LogP contribution >= 0.6 is 0 Å². The standard InChI is InChI=1S/C12H13F2NO2/c13-10-4-3-8(6-11(10)14)12(17)15-5-1-2-9(15)7-16/h3-4,6,9,16H,1-2,5,7H2/t9-/m1/s1. The number of amides is 1. The normalized spacial score (nSPS) is 19.7. The van der Waals surface area contributed by atoms with Crippen LogP contribution < -0.4 is 0 Å². The molecule has 1 heterocycles. The zero-order valence-corrected chi connectivity index (χ0v) is 9.20. The molecule has 0 aliphatic carbocycles. The van der Waals surface area contributed by atoms with E-state index < -0.39 is 11.6 Å². The zero-order valence-electron chi connectivity index (χ0n) is 9.20. The minimum atomic E-state index is -1.03. The number of nitrogens with zero attached hydrogens (tertiary/aromatic N) is 1. The first-order chi connectivity index (χ1) is 8.13. The maximum absolute atomic E-state index is 13.0. The van der Waals surface area contributed by atoms with Crippen LogP contribution in [0.4, 0.5) is 8.78 Å². The molecule has 1 amide bonds. The Morgan fingerprint density at radius 3 is 2.82 bits per heavy atom. The van der Waals surface area contributed by atoms with Gasteiger partial charge in [0.15, 0.2) is 11.6 Å². The van der Waals surface area contributed by atoms with E-state index >= 15 is 0 Å². The number of likely N-dealkylation sites (tertiary alicyclic amines) is 1. The van der Waals surface area contributed by atoms with Crippen molar-refractivity contribution in [3.63, 3.8) is 0 Å². The van der Waals surface area contributed by atoms with Gasteiger partial charge in [0.05, 0.1) is 12.6 Å². The Kier molecular flexibility index (Phi) is 3.38. The maximum Gasteiger partial charge on any atom is 0.254 e. The van der Waals surface area contributed by atoms with Gasteiger partial charge in [-0.05, 0) is 31.0 Å². The van der Waals surface area contributed by atoms with Crippen molar-refractivity contribution < 1.29 is 18.7 Å². The second kappa shape index (κ2) is 4.79. The summed E-state index contributed by atoms with van der Waals surface area (Å²) in [6.45, 7) is 0.443. The molecule has 1 atom stereocenters. The quantitative estimate of drug-likeness (QED) is 0.853. The predicted octanol–water partition coefficient (Wildman–Crippen LogP) is 1.56. The Balaban J connectivity index is 2.21. The van der Waals surface area contributed by atoms with Crippen molar-refractivity contribution >= 4 is 5.91 Å². The number of benzene rings is 1.